The Kier molecular flexibility index (Phi) is 5.68. The summed E-state index contributed by atoms with van der Waals surface area (Å²) in [6, 6.07) is 8.19. The summed E-state index contributed by atoms with van der Waals surface area (Å²) >= 11 is 5.88. The molecule has 0 saturated carbocycles. The Labute approximate surface area is 150 Å². The van der Waals surface area contributed by atoms with Gasteiger partial charge in [-0.05, 0) is 54.4 Å². The van der Waals surface area contributed by atoms with E-state index in [1.807, 2.05) is 19.1 Å². The van der Waals surface area contributed by atoms with Crippen LogP contribution in [0.1, 0.15) is 31.9 Å². The van der Waals surface area contributed by atoms with Crippen LogP contribution in [0, 0.1) is 6.92 Å². The zero-order chi connectivity index (χ0) is 18.0. The highest BCUT2D eigenvalue weighted by molar-refractivity contribution is 6.74. The largest absolute Gasteiger partial charge is 0.413 e. The van der Waals surface area contributed by atoms with Gasteiger partial charge < -0.3 is 9.74 Å². The van der Waals surface area contributed by atoms with Gasteiger partial charge >= 0.3 is 0 Å². The summed E-state index contributed by atoms with van der Waals surface area (Å²) in [5.74, 6) is 0.720. The molecule has 1 aromatic carbocycles. The molecule has 0 aliphatic heterocycles. The molecule has 0 radical (unpaired) electrons. The summed E-state index contributed by atoms with van der Waals surface area (Å²) in [4.78, 5) is 8.21. The van der Waals surface area contributed by atoms with Crippen molar-refractivity contribution < 1.29 is 4.43 Å². The van der Waals surface area contributed by atoms with E-state index in [4.69, 9.17) is 16.0 Å². The molecule has 24 heavy (non-hydrogen) atoms. The fourth-order valence-electron chi connectivity index (χ4n) is 1.90. The van der Waals surface area contributed by atoms with Crippen molar-refractivity contribution in [3.63, 3.8) is 0 Å². The number of nitrogens with one attached hydrogen (secondary N) is 1. The van der Waals surface area contributed by atoms with E-state index in [-0.39, 0.29) is 10.3 Å². The predicted octanol–water partition coefficient (Wildman–Crippen LogP) is 5.70. The molecule has 6 heteroatoms. The standard InChI is InChI=1S/C18H26ClN3OSi/c1-13-11-20-17(19)22-16(13)21-15-9-7-8-14(10-15)12-23-24(5,6)18(2,3)4/h7-11H,12H2,1-6H3,(H,20,21,22). The second kappa shape index (κ2) is 7.21. The zero-order valence-corrected chi connectivity index (χ0v) is 17.0. The Morgan fingerprint density at radius 3 is 2.62 bits per heavy atom. The lowest BCUT2D eigenvalue weighted by atomic mass is 10.2. The Hall–Kier alpha value is -1.43. The Morgan fingerprint density at radius 2 is 1.96 bits per heavy atom. The van der Waals surface area contributed by atoms with Gasteiger partial charge in [0.2, 0.25) is 5.28 Å². The minimum atomic E-state index is -1.75. The van der Waals surface area contributed by atoms with Gasteiger partial charge in [-0.25, -0.2) is 9.97 Å². The second-order valence-corrected chi connectivity index (χ2v) is 12.7. The van der Waals surface area contributed by atoms with Gasteiger partial charge in [0.15, 0.2) is 8.32 Å². The first kappa shape index (κ1) is 18.9. The van der Waals surface area contributed by atoms with E-state index >= 15 is 0 Å². The van der Waals surface area contributed by atoms with Gasteiger partial charge in [-0.3, -0.25) is 0 Å². The maximum absolute atomic E-state index is 6.29. The van der Waals surface area contributed by atoms with E-state index in [9.17, 15) is 0 Å². The lowest BCUT2D eigenvalue weighted by Gasteiger charge is -2.36. The topological polar surface area (TPSA) is 47.0 Å². The number of hydrogen-bond donors (Lipinski definition) is 1. The van der Waals surface area contributed by atoms with Crippen molar-refractivity contribution in [3.8, 4) is 0 Å². The summed E-state index contributed by atoms with van der Waals surface area (Å²) in [7, 11) is -1.75. The van der Waals surface area contributed by atoms with Crippen LogP contribution in [0.5, 0.6) is 0 Å². The molecule has 0 unspecified atom stereocenters. The highest BCUT2D eigenvalue weighted by Crippen LogP contribution is 2.37. The summed E-state index contributed by atoms with van der Waals surface area (Å²) in [5.41, 5.74) is 3.05. The number of benzene rings is 1. The van der Waals surface area contributed by atoms with Gasteiger partial charge in [-0.1, -0.05) is 32.9 Å². The van der Waals surface area contributed by atoms with Crippen LogP contribution in [0.15, 0.2) is 30.5 Å². The molecule has 0 saturated heterocycles. The number of aromatic nitrogens is 2. The van der Waals surface area contributed by atoms with E-state index in [0.717, 1.165) is 22.6 Å². The molecule has 4 nitrogen and oxygen atoms in total. The second-order valence-electron chi connectivity index (χ2n) is 7.55. The van der Waals surface area contributed by atoms with Crippen LogP contribution >= 0.6 is 11.6 Å². The van der Waals surface area contributed by atoms with Crippen molar-refractivity contribution in [2.75, 3.05) is 5.32 Å². The van der Waals surface area contributed by atoms with Crippen LogP contribution in [-0.4, -0.2) is 18.3 Å². The number of halogens is 1. The van der Waals surface area contributed by atoms with Crippen LogP contribution in [-0.2, 0) is 11.0 Å². The van der Waals surface area contributed by atoms with Crippen LogP contribution < -0.4 is 5.32 Å². The average molecular weight is 364 g/mol. The predicted molar refractivity (Wildman–Crippen MR) is 103 cm³/mol. The minimum absolute atomic E-state index is 0.206. The third-order valence-electron chi connectivity index (χ3n) is 4.54. The Bertz CT molecular complexity index is 714. The molecule has 1 N–H and O–H groups in total. The molecule has 130 valence electrons. The van der Waals surface area contributed by atoms with E-state index in [2.05, 4.69) is 61.3 Å². The maximum Gasteiger partial charge on any atom is 0.224 e. The van der Waals surface area contributed by atoms with E-state index in [1.54, 1.807) is 6.20 Å². The normalized spacial score (nSPS) is 12.3. The summed E-state index contributed by atoms with van der Waals surface area (Å²) in [5, 5.41) is 3.74. The Morgan fingerprint density at radius 1 is 1.25 bits per heavy atom. The lowest BCUT2D eigenvalue weighted by Crippen LogP contribution is -2.40. The monoisotopic (exact) mass is 363 g/mol. The fraction of sp³-hybridized carbons (Fsp3) is 0.444. The van der Waals surface area contributed by atoms with Crippen molar-refractivity contribution in [1.82, 2.24) is 9.97 Å². The quantitative estimate of drug-likeness (QED) is 0.546. The number of hydrogen-bond acceptors (Lipinski definition) is 4. The molecule has 0 atom stereocenters. The lowest BCUT2D eigenvalue weighted by molar-refractivity contribution is 0.276. The molecule has 1 heterocycles. The number of anilines is 2. The zero-order valence-electron chi connectivity index (χ0n) is 15.3. The third-order valence-corrected chi connectivity index (χ3v) is 9.20. The highest BCUT2D eigenvalue weighted by Gasteiger charge is 2.36. The molecule has 0 bridgehead atoms. The Balaban J connectivity index is 2.11. The number of aryl methyl sites for hydroxylation is 1. The average Bonchev–Trinajstić information content (AvgIpc) is 2.48. The van der Waals surface area contributed by atoms with Crippen molar-refractivity contribution in [3.05, 3.63) is 46.9 Å². The third kappa shape index (κ3) is 4.78. The van der Waals surface area contributed by atoms with E-state index in [0.29, 0.717) is 6.61 Å². The molecule has 0 aliphatic carbocycles. The summed E-state index contributed by atoms with van der Waals surface area (Å²) in [6.07, 6.45) is 1.71. The van der Waals surface area contributed by atoms with Crippen LogP contribution in [0.2, 0.25) is 23.4 Å². The molecule has 2 rings (SSSR count). The summed E-state index contributed by atoms with van der Waals surface area (Å²) < 4.78 is 6.29. The van der Waals surface area contributed by atoms with Crippen molar-refractivity contribution in [2.45, 2.75) is 52.4 Å². The molecule has 0 amide bonds. The molecule has 0 spiro atoms. The maximum atomic E-state index is 6.29. The van der Waals surface area contributed by atoms with Crippen LogP contribution in [0.25, 0.3) is 0 Å². The van der Waals surface area contributed by atoms with E-state index < -0.39 is 8.32 Å². The van der Waals surface area contributed by atoms with Crippen molar-refractivity contribution >= 4 is 31.4 Å². The molecule has 0 aliphatic rings. The molecular formula is C18H26ClN3OSi. The molecule has 0 fully saturated rings. The summed E-state index contributed by atoms with van der Waals surface area (Å²) in [6.45, 7) is 13.8. The smallest absolute Gasteiger partial charge is 0.224 e. The van der Waals surface area contributed by atoms with Gasteiger partial charge in [-0.15, -0.1) is 0 Å². The molecular weight excluding hydrogens is 338 g/mol. The first-order chi connectivity index (χ1) is 11.1. The first-order valence-electron chi connectivity index (χ1n) is 8.07. The fourth-order valence-corrected chi connectivity index (χ4v) is 3.00. The van der Waals surface area contributed by atoms with Gasteiger partial charge in [0.1, 0.15) is 5.82 Å². The van der Waals surface area contributed by atoms with Crippen molar-refractivity contribution in [2.24, 2.45) is 0 Å². The van der Waals surface area contributed by atoms with Gasteiger partial charge in [0.05, 0.1) is 6.61 Å². The van der Waals surface area contributed by atoms with Crippen LogP contribution in [0.4, 0.5) is 11.5 Å². The highest BCUT2D eigenvalue weighted by atomic mass is 35.5. The van der Waals surface area contributed by atoms with E-state index in [1.165, 1.54) is 0 Å². The SMILES string of the molecule is Cc1cnc(Cl)nc1Nc1cccc(CO[Si](C)(C)C(C)(C)C)c1. The number of rotatable bonds is 5. The van der Waals surface area contributed by atoms with Gasteiger partial charge in [0.25, 0.3) is 0 Å². The van der Waals surface area contributed by atoms with Crippen LogP contribution in [0.3, 0.4) is 0 Å². The molecule has 2 aromatic rings. The van der Waals surface area contributed by atoms with Gasteiger partial charge in [-0.2, -0.15) is 0 Å². The van der Waals surface area contributed by atoms with Gasteiger partial charge in [0, 0.05) is 17.4 Å². The number of nitrogens with zero attached hydrogens (tertiary/aromatic N) is 2. The van der Waals surface area contributed by atoms with Crippen molar-refractivity contribution in [1.29, 1.82) is 0 Å². The first-order valence-corrected chi connectivity index (χ1v) is 11.4. The molecule has 1 aromatic heterocycles. The minimum Gasteiger partial charge on any atom is -0.413 e.